The quantitative estimate of drug-likeness (QED) is 0.721. The Labute approximate surface area is 135 Å². The van der Waals surface area contributed by atoms with Gasteiger partial charge in [0.05, 0.1) is 6.10 Å². The second kappa shape index (κ2) is 4.60. The van der Waals surface area contributed by atoms with Gasteiger partial charge in [0.25, 0.3) is 0 Å². The van der Waals surface area contributed by atoms with Gasteiger partial charge in [0.1, 0.15) is 0 Å². The van der Waals surface area contributed by atoms with Crippen molar-refractivity contribution in [3.63, 3.8) is 0 Å². The Balaban J connectivity index is 1.76. The SMILES string of the molecule is C=C1[C@@H]2CC[C@H]3[C@]4(C)CCC[C@@](C)(CO)[C@H]4CC[C@]3(C2)[C@@H]1O. The standard InChI is InChI=1S/C20H32O2/c1-13-14-5-6-16-19(3)9-4-8-18(2,12-21)15(19)7-10-20(16,11-14)17(13)22/h14-17,21-22H,1,4-12H2,2-3H3/t14-,15-,16+,17-,18+,19-,20-/m1/s1. The van der Waals surface area contributed by atoms with Crippen LogP contribution in [0.4, 0.5) is 0 Å². The van der Waals surface area contributed by atoms with Crippen LogP contribution in [0, 0.1) is 34.0 Å². The first-order chi connectivity index (χ1) is 10.4. The van der Waals surface area contributed by atoms with E-state index in [1.807, 2.05) is 0 Å². The maximum atomic E-state index is 11.0. The zero-order valence-corrected chi connectivity index (χ0v) is 14.3. The smallest absolute Gasteiger partial charge is 0.0809 e. The summed E-state index contributed by atoms with van der Waals surface area (Å²) in [6.07, 6.45) is 9.39. The summed E-state index contributed by atoms with van der Waals surface area (Å²) in [6, 6.07) is 0. The number of rotatable bonds is 1. The molecule has 2 nitrogen and oxygen atoms in total. The molecular weight excluding hydrogens is 272 g/mol. The molecule has 4 rings (SSSR count). The van der Waals surface area contributed by atoms with Gasteiger partial charge in [0.15, 0.2) is 0 Å². The molecule has 2 bridgehead atoms. The van der Waals surface area contributed by atoms with Crippen molar-refractivity contribution in [3.05, 3.63) is 12.2 Å². The zero-order chi connectivity index (χ0) is 15.8. The zero-order valence-electron chi connectivity index (χ0n) is 14.3. The summed E-state index contributed by atoms with van der Waals surface area (Å²) in [7, 11) is 0. The molecule has 4 aliphatic carbocycles. The number of hydrogen-bond donors (Lipinski definition) is 2. The molecule has 0 radical (unpaired) electrons. The minimum Gasteiger partial charge on any atom is -0.396 e. The van der Waals surface area contributed by atoms with Crippen molar-refractivity contribution in [2.24, 2.45) is 34.0 Å². The summed E-state index contributed by atoms with van der Waals surface area (Å²) < 4.78 is 0. The van der Waals surface area contributed by atoms with Crippen molar-refractivity contribution >= 4 is 0 Å². The van der Waals surface area contributed by atoms with Crippen LogP contribution >= 0.6 is 0 Å². The van der Waals surface area contributed by atoms with Gasteiger partial charge in [-0.15, -0.1) is 0 Å². The third-order valence-corrected chi connectivity index (χ3v) is 8.70. The predicted molar refractivity (Wildman–Crippen MR) is 88.3 cm³/mol. The molecule has 7 atom stereocenters. The van der Waals surface area contributed by atoms with E-state index in [1.165, 1.54) is 44.9 Å². The second-order valence-electron chi connectivity index (χ2n) is 9.50. The van der Waals surface area contributed by atoms with Crippen molar-refractivity contribution in [1.29, 1.82) is 0 Å². The third kappa shape index (κ3) is 1.64. The summed E-state index contributed by atoms with van der Waals surface area (Å²) in [6.45, 7) is 9.37. The van der Waals surface area contributed by atoms with E-state index in [0.29, 0.717) is 29.8 Å². The molecule has 1 spiro atoms. The van der Waals surface area contributed by atoms with Gasteiger partial charge in [-0.2, -0.15) is 0 Å². The van der Waals surface area contributed by atoms with Crippen LogP contribution < -0.4 is 0 Å². The molecule has 4 aliphatic rings. The molecule has 124 valence electrons. The van der Waals surface area contributed by atoms with Gasteiger partial charge in [-0.3, -0.25) is 0 Å². The molecule has 0 aromatic heterocycles. The normalized spacial score (nSPS) is 57.4. The van der Waals surface area contributed by atoms with Crippen LogP contribution in [-0.2, 0) is 0 Å². The van der Waals surface area contributed by atoms with Crippen LogP contribution in [-0.4, -0.2) is 22.9 Å². The highest BCUT2D eigenvalue weighted by molar-refractivity contribution is 5.27. The fourth-order valence-electron chi connectivity index (χ4n) is 7.68. The average Bonchev–Trinajstić information content (AvgIpc) is 2.68. The molecule has 4 fully saturated rings. The highest BCUT2D eigenvalue weighted by Crippen LogP contribution is 2.71. The first kappa shape index (κ1) is 15.2. The van der Waals surface area contributed by atoms with Crippen LogP contribution in [0.5, 0.6) is 0 Å². The lowest BCUT2D eigenvalue weighted by atomic mass is 9.41. The average molecular weight is 304 g/mol. The lowest BCUT2D eigenvalue weighted by Crippen LogP contribution is -2.59. The van der Waals surface area contributed by atoms with Gasteiger partial charge >= 0.3 is 0 Å². The molecule has 0 aromatic rings. The number of aliphatic hydroxyl groups excluding tert-OH is 2. The predicted octanol–water partition coefficient (Wildman–Crippen LogP) is 3.92. The van der Waals surface area contributed by atoms with Crippen molar-refractivity contribution in [2.75, 3.05) is 6.61 Å². The Morgan fingerprint density at radius 1 is 1.09 bits per heavy atom. The molecule has 0 saturated heterocycles. The molecular formula is C20H32O2. The number of hydrogen-bond acceptors (Lipinski definition) is 2. The lowest BCUT2D eigenvalue weighted by molar-refractivity contribution is -0.178. The van der Waals surface area contributed by atoms with Gasteiger partial charge in [-0.05, 0) is 79.1 Å². The topological polar surface area (TPSA) is 40.5 Å². The summed E-state index contributed by atoms with van der Waals surface area (Å²) >= 11 is 0. The molecule has 0 aliphatic heterocycles. The van der Waals surface area contributed by atoms with Crippen LogP contribution in [0.25, 0.3) is 0 Å². The summed E-state index contributed by atoms with van der Waals surface area (Å²) in [5, 5.41) is 21.1. The lowest BCUT2D eigenvalue weighted by Gasteiger charge is -2.64. The summed E-state index contributed by atoms with van der Waals surface area (Å²) in [5.41, 5.74) is 1.63. The van der Waals surface area contributed by atoms with Crippen LogP contribution in [0.15, 0.2) is 12.2 Å². The highest BCUT2D eigenvalue weighted by atomic mass is 16.3. The van der Waals surface area contributed by atoms with Crippen LogP contribution in [0.1, 0.15) is 65.2 Å². The van der Waals surface area contributed by atoms with Crippen molar-refractivity contribution < 1.29 is 10.2 Å². The maximum Gasteiger partial charge on any atom is 0.0809 e. The van der Waals surface area contributed by atoms with Crippen LogP contribution in [0.3, 0.4) is 0 Å². The molecule has 0 amide bonds. The van der Waals surface area contributed by atoms with E-state index < -0.39 is 0 Å². The maximum absolute atomic E-state index is 11.0. The summed E-state index contributed by atoms with van der Waals surface area (Å²) in [5.74, 6) is 1.81. The fourth-order valence-corrected chi connectivity index (χ4v) is 7.68. The van der Waals surface area contributed by atoms with E-state index in [0.717, 1.165) is 12.0 Å². The molecule has 0 heterocycles. The van der Waals surface area contributed by atoms with E-state index in [-0.39, 0.29) is 16.9 Å². The first-order valence-electron chi connectivity index (χ1n) is 9.35. The Bertz CT molecular complexity index is 500. The van der Waals surface area contributed by atoms with Gasteiger partial charge in [-0.1, -0.05) is 26.8 Å². The van der Waals surface area contributed by atoms with Crippen molar-refractivity contribution in [2.45, 2.75) is 71.3 Å². The third-order valence-electron chi connectivity index (χ3n) is 8.70. The van der Waals surface area contributed by atoms with E-state index in [9.17, 15) is 10.2 Å². The van der Waals surface area contributed by atoms with Crippen LogP contribution in [0.2, 0.25) is 0 Å². The molecule has 0 unspecified atom stereocenters. The van der Waals surface area contributed by atoms with Gasteiger partial charge in [-0.25, -0.2) is 0 Å². The van der Waals surface area contributed by atoms with E-state index in [2.05, 4.69) is 20.4 Å². The summed E-state index contributed by atoms with van der Waals surface area (Å²) in [4.78, 5) is 0. The molecule has 22 heavy (non-hydrogen) atoms. The minimum absolute atomic E-state index is 0.0893. The largest absolute Gasteiger partial charge is 0.396 e. The highest BCUT2D eigenvalue weighted by Gasteiger charge is 2.66. The molecule has 4 saturated carbocycles. The van der Waals surface area contributed by atoms with Crippen molar-refractivity contribution in [1.82, 2.24) is 0 Å². The van der Waals surface area contributed by atoms with E-state index in [1.54, 1.807) is 0 Å². The van der Waals surface area contributed by atoms with Gasteiger partial charge < -0.3 is 10.2 Å². The molecule has 0 aromatic carbocycles. The van der Waals surface area contributed by atoms with Crippen molar-refractivity contribution in [3.8, 4) is 0 Å². The number of fused-ring (bicyclic) bond motifs is 3. The molecule has 2 heteroatoms. The Kier molecular flexibility index (Phi) is 3.18. The number of aliphatic hydroxyl groups is 2. The monoisotopic (exact) mass is 304 g/mol. The minimum atomic E-state index is -0.273. The molecule has 2 N–H and O–H groups in total. The van der Waals surface area contributed by atoms with E-state index in [4.69, 9.17) is 0 Å². The first-order valence-corrected chi connectivity index (χ1v) is 9.35. The van der Waals surface area contributed by atoms with Gasteiger partial charge in [0, 0.05) is 12.0 Å². The van der Waals surface area contributed by atoms with Gasteiger partial charge in [0.2, 0.25) is 0 Å². The Morgan fingerprint density at radius 3 is 2.59 bits per heavy atom. The second-order valence-corrected chi connectivity index (χ2v) is 9.50. The van der Waals surface area contributed by atoms with E-state index >= 15 is 0 Å². The Hall–Kier alpha value is -0.340. The fraction of sp³-hybridized carbons (Fsp3) is 0.900. The Morgan fingerprint density at radius 2 is 1.86 bits per heavy atom.